The van der Waals surface area contributed by atoms with Crippen LogP contribution in [-0.2, 0) is 6.42 Å². The summed E-state index contributed by atoms with van der Waals surface area (Å²) >= 11 is 0. The van der Waals surface area contributed by atoms with Crippen LogP contribution in [0.4, 0.5) is 0 Å². The van der Waals surface area contributed by atoms with E-state index in [1.165, 1.54) is 16.7 Å². The minimum absolute atomic E-state index is 0.269. The topological polar surface area (TPSA) is 18.5 Å². The minimum Gasteiger partial charge on any atom is -0.493 e. The first-order chi connectivity index (χ1) is 10.2. The minimum atomic E-state index is 0.269. The second-order valence-electron chi connectivity index (χ2n) is 5.16. The van der Waals surface area contributed by atoms with E-state index >= 15 is 0 Å². The van der Waals surface area contributed by atoms with Crippen molar-refractivity contribution < 1.29 is 9.47 Å². The summed E-state index contributed by atoms with van der Waals surface area (Å²) in [4.78, 5) is 0. The van der Waals surface area contributed by atoms with Gasteiger partial charge in [0, 0.05) is 5.92 Å². The molecule has 2 nitrogen and oxygen atoms in total. The Bertz CT molecular complexity index is 602. The van der Waals surface area contributed by atoms with Gasteiger partial charge in [-0.1, -0.05) is 55.5 Å². The lowest BCUT2D eigenvalue weighted by molar-refractivity contribution is 0.354. The number of benzene rings is 2. The third-order valence-electron chi connectivity index (χ3n) is 3.79. The third-order valence-corrected chi connectivity index (χ3v) is 3.79. The molecule has 0 amide bonds. The number of hydrogen-bond acceptors (Lipinski definition) is 2. The van der Waals surface area contributed by atoms with Gasteiger partial charge in [-0.3, -0.25) is 0 Å². The number of rotatable bonds is 6. The van der Waals surface area contributed by atoms with Gasteiger partial charge >= 0.3 is 0 Å². The van der Waals surface area contributed by atoms with E-state index < -0.39 is 0 Å². The normalized spacial score (nSPS) is 11.8. The molecular weight excluding hydrogens is 260 g/mol. The molecule has 0 saturated heterocycles. The number of hydrogen-bond donors (Lipinski definition) is 0. The Morgan fingerprint density at radius 1 is 1.00 bits per heavy atom. The second-order valence-corrected chi connectivity index (χ2v) is 5.16. The number of ether oxygens (including phenoxy) is 2. The molecular formula is C19H22O2. The second kappa shape index (κ2) is 6.98. The largest absolute Gasteiger partial charge is 0.493 e. The lowest BCUT2D eigenvalue weighted by Crippen LogP contribution is -2.01. The molecule has 0 N–H and O–H groups in total. The Balaban J connectivity index is 2.15. The van der Waals surface area contributed by atoms with E-state index in [1.807, 2.05) is 18.2 Å². The van der Waals surface area contributed by atoms with Crippen LogP contribution in [0.15, 0.2) is 60.7 Å². The Labute approximate surface area is 127 Å². The molecule has 110 valence electrons. The average molecular weight is 282 g/mol. The summed E-state index contributed by atoms with van der Waals surface area (Å²) in [5.74, 6) is 1.78. The van der Waals surface area contributed by atoms with Crippen LogP contribution in [-0.4, -0.2) is 14.2 Å². The van der Waals surface area contributed by atoms with Crippen molar-refractivity contribution in [3.05, 3.63) is 71.8 Å². The molecule has 0 aromatic heterocycles. The zero-order chi connectivity index (χ0) is 15.2. The highest BCUT2D eigenvalue weighted by molar-refractivity contribution is 5.45. The van der Waals surface area contributed by atoms with Crippen LogP contribution in [0.2, 0.25) is 0 Å². The fourth-order valence-corrected chi connectivity index (χ4v) is 2.37. The zero-order valence-electron chi connectivity index (χ0n) is 12.9. The molecule has 2 aromatic carbocycles. The lowest BCUT2D eigenvalue weighted by Gasteiger charge is -2.17. The molecule has 2 aromatic rings. The van der Waals surface area contributed by atoms with E-state index in [-0.39, 0.29) is 5.92 Å². The smallest absolute Gasteiger partial charge is 0.161 e. The van der Waals surface area contributed by atoms with E-state index in [9.17, 15) is 0 Å². The highest BCUT2D eigenvalue weighted by atomic mass is 16.5. The van der Waals surface area contributed by atoms with Gasteiger partial charge in [0.1, 0.15) is 0 Å². The van der Waals surface area contributed by atoms with Gasteiger partial charge in [0.15, 0.2) is 11.5 Å². The molecule has 0 fully saturated rings. The van der Waals surface area contributed by atoms with Crippen LogP contribution in [0.1, 0.15) is 24.0 Å². The maximum absolute atomic E-state index is 5.37. The van der Waals surface area contributed by atoms with E-state index in [0.29, 0.717) is 0 Å². The first kappa shape index (κ1) is 15.2. The maximum Gasteiger partial charge on any atom is 0.161 e. The van der Waals surface area contributed by atoms with Crippen LogP contribution >= 0.6 is 0 Å². The maximum atomic E-state index is 5.37. The Morgan fingerprint density at radius 3 is 2.29 bits per heavy atom. The first-order valence-corrected chi connectivity index (χ1v) is 7.09. The number of allylic oxidation sites excluding steroid dienone is 1. The van der Waals surface area contributed by atoms with E-state index in [1.54, 1.807) is 14.2 Å². The van der Waals surface area contributed by atoms with Gasteiger partial charge in [-0.05, 0) is 29.7 Å². The summed E-state index contributed by atoms with van der Waals surface area (Å²) in [6.07, 6.45) is 0.885. The summed E-state index contributed by atoms with van der Waals surface area (Å²) in [7, 11) is 3.31. The van der Waals surface area contributed by atoms with Crippen molar-refractivity contribution in [3.8, 4) is 11.5 Å². The molecule has 0 spiro atoms. The van der Waals surface area contributed by atoms with E-state index in [2.05, 4.69) is 43.8 Å². The van der Waals surface area contributed by atoms with Crippen molar-refractivity contribution in [1.29, 1.82) is 0 Å². The van der Waals surface area contributed by atoms with Gasteiger partial charge < -0.3 is 9.47 Å². The molecule has 0 heterocycles. The summed E-state index contributed by atoms with van der Waals surface area (Å²) < 4.78 is 10.7. The molecule has 21 heavy (non-hydrogen) atoms. The Kier molecular flexibility index (Phi) is 5.04. The highest BCUT2D eigenvalue weighted by Crippen LogP contribution is 2.33. The predicted octanol–water partition coefficient (Wildman–Crippen LogP) is 4.61. The fraction of sp³-hybridized carbons (Fsp3) is 0.263. The molecule has 0 unspecified atom stereocenters. The predicted molar refractivity (Wildman–Crippen MR) is 87.2 cm³/mol. The first-order valence-electron chi connectivity index (χ1n) is 7.09. The molecule has 2 heteroatoms. The van der Waals surface area contributed by atoms with E-state index in [0.717, 1.165) is 17.9 Å². The Morgan fingerprint density at radius 2 is 1.67 bits per heavy atom. The summed E-state index contributed by atoms with van der Waals surface area (Å²) in [5.41, 5.74) is 3.66. The van der Waals surface area contributed by atoms with E-state index in [4.69, 9.17) is 9.47 Å². The van der Waals surface area contributed by atoms with Gasteiger partial charge in [-0.25, -0.2) is 0 Å². The van der Waals surface area contributed by atoms with Crippen molar-refractivity contribution >= 4 is 0 Å². The van der Waals surface area contributed by atoms with Crippen molar-refractivity contribution in [2.24, 2.45) is 0 Å². The quantitative estimate of drug-likeness (QED) is 0.720. The standard InChI is InChI=1S/C19H22O2/c1-14(12-16-8-6-5-7-9-16)15(2)17-10-11-18(20-3)19(13-17)21-4/h5-11,13,15H,1,12H2,2-4H3/t15-/m0/s1. The monoisotopic (exact) mass is 282 g/mol. The molecule has 0 aliphatic heterocycles. The van der Waals surface area contributed by atoms with Crippen LogP contribution in [0.5, 0.6) is 11.5 Å². The molecule has 2 rings (SSSR count). The van der Waals surface area contributed by atoms with Crippen molar-refractivity contribution in [2.75, 3.05) is 14.2 Å². The molecule has 0 radical (unpaired) electrons. The van der Waals surface area contributed by atoms with Crippen LogP contribution in [0.25, 0.3) is 0 Å². The van der Waals surface area contributed by atoms with Gasteiger partial charge in [0.25, 0.3) is 0 Å². The van der Waals surface area contributed by atoms with Crippen molar-refractivity contribution in [3.63, 3.8) is 0 Å². The highest BCUT2D eigenvalue weighted by Gasteiger charge is 2.13. The molecule has 0 bridgehead atoms. The molecule has 1 atom stereocenters. The zero-order valence-corrected chi connectivity index (χ0v) is 12.9. The van der Waals surface area contributed by atoms with Gasteiger partial charge in [0.05, 0.1) is 14.2 Å². The third kappa shape index (κ3) is 3.66. The van der Waals surface area contributed by atoms with Gasteiger partial charge in [0.2, 0.25) is 0 Å². The van der Waals surface area contributed by atoms with Gasteiger partial charge in [-0.15, -0.1) is 0 Å². The van der Waals surface area contributed by atoms with Crippen molar-refractivity contribution in [2.45, 2.75) is 19.3 Å². The number of methoxy groups -OCH3 is 2. The molecule has 0 aliphatic rings. The molecule has 0 saturated carbocycles. The fourth-order valence-electron chi connectivity index (χ4n) is 2.37. The van der Waals surface area contributed by atoms with Crippen molar-refractivity contribution in [1.82, 2.24) is 0 Å². The lowest BCUT2D eigenvalue weighted by atomic mass is 9.89. The molecule has 0 aliphatic carbocycles. The Hall–Kier alpha value is -2.22. The summed E-state index contributed by atoms with van der Waals surface area (Å²) in [6.45, 7) is 6.43. The SMILES string of the molecule is C=C(Cc1ccccc1)[C@H](C)c1ccc(OC)c(OC)c1. The van der Waals surface area contributed by atoms with Crippen LogP contribution in [0.3, 0.4) is 0 Å². The average Bonchev–Trinajstić information content (AvgIpc) is 2.54. The van der Waals surface area contributed by atoms with Crippen LogP contribution < -0.4 is 9.47 Å². The summed E-state index contributed by atoms with van der Waals surface area (Å²) in [5, 5.41) is 0. The summed E-state index contributed by atoms with van der Waals surface area (Å²) in [6, 6.07) is 16.5. The van der Waals surface area contributed by atoms with Crippen LogP contribution in [0, 0.1) is 0 Å². The van der Waals surface area contributed by atoms with Gasteiger partial charge in [-0.2, -0.15) is 0 Å².